The van der Waals surface area contributed by atoms with Crippen LogP contribution in [0, 0.1) is 0 Å². The monoisotopic (exact) mass is 391 g/mol. The van der Waals surface area contributed by atoms with E-state index in [-0.39, 0.29) is 5.91 Å². The van der Waals surface area contributed by atoms with E-state index in [4.69, 9.17) is 14.2 Å². The standard InChI is InChI=1S/C24H25NO4/c1-2-16-27-21-14-12-19(13-15-21)25-24(26)22-10-6-7-11-23(22)29-18-17-28-20-8-4-3-5-9-20/h3-15H,2,16-18H2,1H3,(H,25,26). The summed E-state index contributed by atoms with van der Waals surface area (Å²) in [6.45, 7) is 3.45. The number of para-hydroxylation sites is 2. The lowest BCUT2D eigenvalue weighted by Gasteiger charge is -2.13. The van der Waals surface area contributed by atoms with Crippen LogP contribution < -0.4 is 19.5 Å². The highest BCUT2D eigenvalue weighted by atomic mass is 16.5. The highest BCUT2D eigenvalue weighted by Crippen LogP contribution is 2.21. The molecule has 1 amide bonds. The van der Waals surface area contributed by atoms with Crippen LogP contribution in [0.5, 0.6) is 17.2 Å². The molecule has 0 aliphatic carbocycles. The van der Waals surface area contributed by atoms with E-state index >= 15 is 0 Å². The van der Waals surface area contributed by atoms with Gasteiger partial charge in [-0.15, -0.1) is 0 Å². The fourth-order valence-corrected chi connectivity index (χ4v) is 2.66. The van der Waals surface area contributed by atoms with Crippen LogP contribution in [-0.4, -0.2) is 25.7 Å². The van der Waals surface area contributed by atoms with E-state index in [0.29, 0.717) is 36.8 Å². The summed E-state index contributed by atoms with van der Waals surface area (Å²) in [6.07, 6.45) is 0.950. The number of rotatable bonds is 10. The summed E-state index contributed by atoms with van der Waals surface area (Å²) in [4.78, 5) is 12.7. The van der Waals surface area contributed by atoms with E-state index in [0.717, 1.165) is 17.9 Å². The zero-order chi connectivity index (χ0) is 20.3. The molecule has 0 aromatic heterocycles. The molecule has 0 radical (unpaired) electrons. The summed E-state index contributed by atoms with van der Waals surface area (Å²) in [7, 11) is 0. The second-order valence-corrected chi connectivity index (χ2v) is 6.33. The Bertz CT molecular complexity index is 894. The van der Waals surface area contributed by atoms with Gasteiger partial charge in [0.2, 0.25) is 0 Å². The zero-order valence-corrected chi connectivity index (χ0v) is 16.5. The predicted molar refractivity (Wildman–Crippen MR) is 114 cm³/mol. The summed E-state index contributed by atoms with van der Waals surface area (Å²) in [5.41, 5.74) is 1.17. The summed E-state index contributed by atoms with van der Waals surface area (Å²) in [5, 5.41) is 2.89. The third-order valence-corrected chi connectivity index (χ3v) is 4.07. The van der Waals surface area contributed by atoms with E-state index in [9.17, 15) is 4.79 Å². The average Bonchev–Trinajstić information content (AvgIpc) is 2.77. The van der Waals surface area contributed by atoms with Gasteiger partial charge in [0, 0.05) is 5.69 Å². The van der Waals surface area contributed by atoms with Crippen LogP contribution in [0.1, 0.15) is 23.7 Å². The van der Waals surface area contributed by atoms with E-state index in [1.54, 1.807) is 12.1 Å². The summed E-state index contributed by atoms with van der Waals surface area (Å²) < 4.78 is 17.0. The maximum atomic E-state index is 12.7. The molecule has 0 heterocycles. The van der Waals surface area contributed by atoms with E-state index in [1.807, 2.05) is 66.7 Å². The van der Waals surface area contributed by atoms with Crippen molar-refractivity contribution in [3.8, 4) is 17.2 Å². The van der Waals surface area contributed by atoms with Crippen molar-refractivity contribution >= 4 is 11.6 Å². The first-order valence-corrected chi connectivity index (χ1v) is 9.70. The van der Waals surface area contributed by atoms with E-state index in [2.05, 4.69) is 12.2 Å². The quantitative estimate of drug-likeness (QED) is 0.484. The second kappa shape index (κ2) is 10.8. The molecule has 0 atom stereocenters. The number of nitrogens with one attached hydrogen (secondary N) is 1. The van der Waals surface area contributed by atoms with Crippen molar-refractivity contribution in [3.63, 3.8) is 0 Å². The number of hydrogen-bond acceptors (Lipinski definition) is 4. The van der Waals surface area contributed by atoms with E-state index < -0.39 is 0 Å². The molecule has 0 saturated carbocycles. The van der Waals surface area contributed by atoms with Gasteiger partial charge in [0.25, 0.3) is 5.91 Å². The van der Waals surface area contributed by atoms with Gasteiger partial charge >= 0.3 is 0 Å². The van der Waals surface area contributed by atoms with Gasteiger partial charge in [-0.2, -0.15) is 0 Å². The van der Waals surface area contributed by atoms with Crippen molar-refractivity contribution in [3.05, 3.63) is 84.4 Å². The van der Waals surface area contributed by atoms with Gasteiger partial charge in [0.05, 0.1) is 12.2 Å². The van der Waals surface area contributed by atoms with Crippen LogP contribution in [0.4, 0.5) is 5.69 Å². The number of amides is 1. The van der Waals surface area contributed by atoms with Crippen molar-refractivity contribution in [2.24, 2.45) is 0 Å². The van der Waals surface area contributed by atoms with Crippen LogP contribution in [0.3, 0.4) is 0 Å². The Morgan fingerprint density at radius 1 is 0.724 bits per heavy atom. The van der Waals surface area contributed by atoms with Gasteiger partial charge in [0.1, 0.15) is 30.5 Å². The number of carbonyl (C=O) groups excluding carboxylic acids is 1. The minimum Gasteiger partial charge on any atom is -0.494 e. The van der Waals surface area contributed by atoms with Crippen molar-refractivity contribution in [1.29, 1.82) is 0 Å². The van der Waals surface area contributed by atoms with Gasteiger partial charge in [-0.1, -0.05) is 37.3 Å². The lowest BCUT2D eigenvalue weighted by molar-refractivity contribution is 0.102. The molecule has 29 heavy (non-hydrogen) atoms. The third-order valence-electron chi connectivity index (χ3n) is 4.07. The normalized spacial score (nSPS) is 10.2. The lowest BCUT2D eigenvalue weighted by Crippen LogP contribution is -2.15. The number of carbonyl (C=O) groups is 1. The Morgan fingerprint density at radius 2 is 1.34 bits per heavy atom. The fraction of sp³-hybridized carbons (Fsp3) is 0.208. The van der Waals surface area contributed by atoms with Gasteiger partial charge in [0.15, 0.2) is 0 Å². The largest absolute Gasteiger partial charge is 0.494 e. The first-order valence-electron chi connectivity index (χ1n) is 9.70. The molecule has 3 rings (SSSR count). The molecule has 5 heteroatoms. The summed E-state index contributed by atoms with van der Waals surface area (Å²) >= 11 is 0. The highest BCUT2D eigenvalue weighted by molar-refractivity contribution is 6.06. The van der Waals surface area contributed by atoms with Crippen LogP contribution in [0.15, 0.2) is 78.9 Å². The Hall–Kier alpha value is -3.47. The summed E-state index contributed by atoms with van der Waals surface area (Å²) in [6, 6.07) is 24.0. The van der Waals surface area contributed by atoms with Crippen molar-refractivity contribution in [1.82, 2.24) is 0 Å². The number of ether oxygens (including phenoxy) is 3. The van der Waals surface area contributed by atoms with Gasteiger partial charge in [-0.3, -0.25) is 4.79 Å². The molecule has 0 spiro atoms. The molecule has 0 fully saturated rings. The number of benzene rings is 3. The summed E-state index contributed by atoms with van der Waals surface area (Å²) in [5.74, 6) is 1.86. The van der Waals surface area contributed by atoms with Crippen molar-refractivity contribution in [2.45, 2.75) is 13.3 Å². The highest BCUT2D eigenvalue weighted by Gasteiger charge is 2.12. The van der Waals surface area contributed by atoms with Crippen LogP contribution >= 0.6 is 0 Å². The molecule has 5 nitrogen and oxygen atoms in total. The first-order chi connectivity index (χ1) is 14.3. The van der Waals surface area contributed by atoms with Crippen LogP contribution in [-0.2, 0) is 0 Å². The average molecular weight is 391 g/mol. The molecule has 0 aliphatic heterocycles. The minimum absolute atomic E-state index is 0.230. The molecule has 0 aliphatic rings. The Kier molecular flexibility index (Phi) is 7.52. The number of anilines is 1. The Labute approximate surface area is 171 Å². The first kappa shape index (κ1) is 20.3. The topological polar surface area (TPSA) is 56.8 Å². The van der Waals surface area contributed by atoms with Gasteiger partial charge in [-0.25, -0.2) is 0 Å². The molecule has 0 saturated heterocycles. The molecule has 150 valence electrons. The predicted octanol–water partition coefficient (Wildman–Crippen LogP) is 5.19. The molecule has 1 N–H and O–H groups in total. The van der Waals surface area contributed by atoms with Crippen molar-refractivity contribution < 1.29 is 19.0 Å². The zero-order valence-electron chi connectivity index (χ0n) is 16.5. The van der Waals surface area contributed by atoms with Gasteiger partial charge < -0.3 is 19.5 Å². The molecular formula is C24H25NO4. The minimum atomic E-state index is -0.230. The third kappa shape index (κ3) is 6.28. The van der Waals surface area contributed by atoms with Crippen molar-refractivity contribution in [2.75, 3.05) is 25.1 Å². The number of hydrogen-bond donors (Lipinski definition) is 1. The van der Waals surface area contributed by atoms with Gasteiger partial charge in [-0.05, 0) is 55.0 Å². The maximum Gasteiger partial charge on any atom is 0.259 e. The smallest absolute Gasteiger partial charge is 0.259 e. The van der Waals surface area contributed by atoms with E-state index in [1.165, 1.54) is 0 Å². The molecule has 3 aromatic rings. The lowest BCUT2D eigenvalue weighted by atomic mass is 10.2. The Balaban J connectivity index is 1.55. The maximum absolute atomic E-state index is 12.7. The van der Waals surface area contributed by atoms with Crippen LogP contribution in [0.2, 0.25) is 0 Å². The molecular weight excluding hydrogens is 366 g/mol. The molecule has 0 unspecified atom stereocenters. The fourth-order valence-electron chi connectivity index (χ4n) is 2.66. The SMILES string of the molecule is CCCOc1ccc(NC(=O)c2ccccc2OCCOc2ccccc2)cc1. The molecule has 0 bridgehead atoms. The Morgan fingerprint density at radius 3 is 2.10 bits per heavy atom. The molecule has 3 aromatic carbocycles. The second-order valence-electron chi connectivity index (χ2n) is 6.33. The van der Waals surface area contributed by atoms with Crippen LogP contribution in [0.25, 0.3) is 0 Å².